The van der Waals surface area contributed by atoms with Gasteiger partial charge in [0.25, 0.3) is 0 Å². The number of hydrogen-bond donors (Lipinski definition) is 1. The molecule has 1 atom stereocenters. The average Bonchev–Trinajstić information content (AvgIpc) is 3.00. The van der Waals surface area contributed by atoms with Gasteiger partial charge in [0.1, 0.15) is 0 Å². The summed E-state index contributed by atoms with van der Waals surface area (Å²) in [5.41, 5.74) is 5.25. The van der Waals surface area contributed by atoms with Gasteiger partial charge in [-0.15, -0.1) is 0 Å². The van der Waals surface area contributed by atoms with Crippen LogP contribution >= 0.6 is 0 Å². The van der Waals surface area contributed by atoms with Gasteiger partial charge in [0.05, 0.1) is 6.20 Å². The van der Waals surface area contributed by atoms with Crippen molar-refractivity contribution in [3.8, 4) is 0 Å². The Morgan fingerprint density at radius 3 is 2.68 bits per heavy atom. The van der Waals surface area contributed by atoms with Gasteiger partial charge in [0, 0.05) is 38.0 Å². The van der Waals surface area contributed by atoms with Crippen LogP contribution in [-0.2, 0) is 26.4 Å². The van der Waals surface area contributed by atoms with Gasteiger partial charge in [-0.3, -0.25) is 9.58 Å². The Bertz CT molecular complexity index is 650. The molecule has 1 heterocycles. The molecular weight excluding hydrogens is 310 g/mol. The lowest BCUT2D eigenvalue weighted by Gasteiger charge is -2.28. The third-order valence-corrected chi connectivity index (χ3v) is 4.99. The first-order valence-corrected chi connectivity index (χ1v) is 9.44. The monoisotopic (exact) mass is 343 g/mol. The predicted molar refractivity (Wildman–Crippen MR) is 104 cm³/mol. The highest BCUT2D eigenvalue weighted by atomic mass is 16.2. The number of aliphatic hydroxyl groups is 1. The number of benzene rings is 1. The number of aliphatic hydroxyl groups excluding tert-OH is 1. The molecule has 0 aliphatic rings. The van der Waals surface area contributed by atoms with Gasteiger partial charge in [0.15, 0.2) is 0 Å². The molecule has 0 aliphatic heterocycles. The fourth-order valence-corrected chi connectivity index (χ4v) is 3.33. The fraction of sp³-hybridized carbons (Fsp3) is 0.571. The SMILES string of the molecule is CCC(C)N(CCCc1cc(C)ccc1CCO)Cc1cnn(C)c1. The van der Waals surface area contributed by atoms with Crippen LogP contribution in [0.5, 0.6) is 0 Å². The summed E-state index contributed by atoms with van der Waals surface area (Å²) in [4.78, 5) is 2.55. The van der Waals surface area contributed by atoms with Crippen LogP contribution in [0.1, 0.15) is 48.9 Å². The fourth-order valence-electron chi connectivity index (χ4n) is 3.33. The first-order chi connectivity index (χ1) is 12.0. The highest BCUT2D eigenvalue weighted by Crippen LogP contribution is 2.17. The highest BCUT2D eigenvalue weighted by Gasteiger charge is 2.14. The molecule has 138 valence electrons. The Labute approximate surface area is 152 Å². The van der Waals surface area contributed by atoms with E-state index in [4.69, 9.17) is 0 Å². The molecule has 1 N–H and O–H groups in total. The lowest BCUT2D eigenvalue weighted by molar-refractivity contribution is 0.193. The molecule has 0 amide bonds. The van der Waals surface area contributed by atoms with Crippen LogP contribution in [0, 0.1) is 6.92 Å². The molecule has 4 heteroatoms. The van der Waals surface area contributed by atoms with E-state index in [9.17, 15) is 5.11 Å². The molecule has 2 rings (SSSR count). The summed E-state index contributed by atoms with van der Waals surface area (Å²) >= 11 is 0. The van der Waals surface area contributed by atoms with E-state index >= 15 is 0 Å². The standard InChI is InChI=1S/C21H33N3O/c1-5-18(3)24(16-19-14-22-23(4)15-19)11-6-7-21-13-17(2)8-9-20(21)10-12-25/h8-9,13-15,18,25H,5-7,10-12,16H2,1-4H3. The summed E-state index contributed by atoms with van der Waals surface area (Å²) in [6.07, 6.45) is 8.18. The zero-order valence-corrected chi connectivity index (χ0v) is 16.2. The molecule has 0 fully saturated rings. The molecule has 0 aliphatic carbocycles. The molecule has 25 heavy (non-hydrogen) atoms. The zero-order chi connectivity index (χ0) is 18.2. The van der Waals surface area contributed by atoms with Crippen molar-refractivity contribution < 1.29 is 5.11 Å². The van der Waals surface area contributed by atoms with Gasteiger partial charge >= 0.3 is 0 Å². The van der Waals surface area contributed by atoms with E-state index in [0.717, 1.165) is 38.8 Å². The molecule has 1 aromatic heterocycles. The van der Waals surface area contributed by atoms with Crippen molar-refractivity contribution in [3.05, 3.63) is 52.8 Å². The van der Waals surface area contributed by atoms with Crippen LogP contribution in [0.3, 0.4) is 0 Å². The third-order valence-electron chi connectivity index (χ3n) is 4.99. The second-order valence-electron chi connectivity index (χ2n) is 7.10. The minimum Gasteiger partial charge on any atom is -0.396 e. The average molecular weight is 344 g/mol. The van der Waals surface area contributed by atoms with E-state index in [1.807, 2.05) is 17.9 Å². The van der Waals surface area contributed by atoms with Crippen molar-refractivity contribution in [1.82, 2.24) is 14.7 Å². The summed E-state index contributed by atoms with van der Waals surface area (Å²) < 4.78 is 1.87. The van der Waals surface area contributed by atoms with E-state index in [-0.39, 0.29) is 6.61 Å². The van der Waals surface area contributed by atoms with Crippen LogP contribution < -0.4 is 0 Å². The molecule has 1 aromatic carbocycles. The van der Waals surface area contributed by atoms with Crippen molar-refractivity contribution in [2.75, 3.05) is 13.2 Å². The molecule has 4 nitrogen and oxygen atoms in total. The lowest BCUT2D eigenvalue weighted by Crippen LogP contribution is -2.33. The Hall–Kier alpha value is -1.65. The number of aromatic nitrogens is 2. The van der Waals surface area contributed by atoms with Crippen molar-refractivity contribution in [2.45, 2.75) is 59.0 Å². The summed E-state index contributed by atoms with van der Waals surface area (Å²) in [6, 6.07) is 7.15. The Morgan fingerprint density at radius 2 is 2.04 bits per heavy atom. The molecule has 0 radical (unpaired) electrons. The van der Waals surface area contributed by atoms with Gasteiger partial charge in [-0.1, -0.05) is 30.7 Å². The van der Waals surface area contributed by atoms with E-state index in [1.165, 1.54) is 22.3 Å². The quantitative estimate of drug-likeness (QED) is 0.718. The smallest absolute Gasteiger partial charge is 0.0534 e. The van der Waals surface area contributed by atoms with Gasteiger partial charge in [-0.05, 0) is 57.2 Å². The molecular formula is C21H33N3O. The molecule has 1 unspecified atom stereocenters. The van der Waals surface area contributed by atoms with E-state index in [1.54, 1.807) is 0 Å². The Balaban J connectivity index is 1.97. The maximum atomic E-state index is 9.28. The summed E-state index contributed by atoms with van der Waals surface area (Å²) in [5, 5.41) is 13.6. The summed E-state index contributed by atoms with van der Waals surface area (Å²) in [6.45, 7) is 8.95. The van der Waals surface area contributed by atoms with Crippen LogP contribution in [0.15, 0.2) is 30.6 Å². The maximum Gasteiger partial charge on any atom is 0.0534 e. The normalized spacial score (nSPS) is 12.7. The summed E-state index contributed by atoms with van der Waals surface area (Å²) in [7, 11) is 1.97. The van der Waals surface area contributed by atoms with Gasteiger partial charge in [-0.25, -0.2) is 0 Å². The number of aryl methyl sites for hydroxylation is 3. The number of hydrogen-bond acceptors (Lipinski definition) is 3. The first kappa shape index (κ1) is 19.7. The van der Waals surface area contributed by atoms with E-state index in [0.29, 0.717) is 6.04 Å². The van der Waals surface area contributed by atoms with E-state index < -0.39 is 0 Å². The van der Waals surface area contributed by atoms with Crippen LogP contribution in [0.2, 0.25) is 0 Å². The largest absolute Gasteiger partial charge is 0.396 e. The predicted octanol–water partition coefficient (Wildman–Crippen LogP) is 3.50. The van der Waals surface area contributed by atoms with Gasteiger partial charge in [-0.2, -0.15) is 5.10 Å². The zero-order valence-electron chi connectivity index (χ0n) is 16.2. The van der Waals surface area contributed by atoms with Crippen LogP contribution in [0.4, 0.5) is 0 Å². The Morgan fingerprint density at radius 1 is 1.24 bits per heavy atom. The molecule has 0 saturated carbocycles. The van der Waals surface area contributed by atoms with Crippen molar-refractivity contribution >= 4 is 0 Å². The topological polar surface area (TPSA) is 41.3 Å². The second-order valence-corrected chi connectivity index (χ2v) is 7.10. The molecule has 0 bridgehead atoms. The maximum absolute atomic E-state index is 9.28. The molecule has 2 aromatic rings. The van der Waals surface area contributed by atoms with Crippen LogP contribution in [0.25, 0.3) is 0 Å². The van der Waals surface area contributed by atoms with Gasteiger partial charge in [0.2, 0.25) is 0 Å². The van der Waals surface area contributed by atoms with E-state index in [2.05, 4.69) is 55.2 Å². The molecule has 0 spiro atoms. The minimum absolute atomic E-state index is 0.218. The number of nitrogens with zero attached hydrogens (tertiary/aromatic N) is 3. The van der Waals surface area contributed by atoms with Crippen LogP contribution in [-0.4, -0.2) is 39.0 Å². The number of rotatable bonds is 10. The molecule has 0 saturated heterocycles. The van der Waals surface area contributed by atoms with Gasteiger partial charge < -0.3 is 5.11 Å². The minimum atomic E-state index is 0.218. The highest BCUT2D eigenvalue weighted by molar-refractivity contribution is 5.32. The van der Waals surface area contributed by atoms with Crippen molar-refractivity contribution in [1.29, 1.82) is 0 Å². The third kappa shape index (κ3) is 5.98. The second kappa shape index (κ2) is 9.73. The summed E-state index contributed by atoms with van der Waals surface area (Å²) in [5.74, 6) is 0. The first-order valence-electron chi connectivity index (χ1n) is 9.44. The van der Waals surface area contributed by atoms with Crippen molar-refractivity contribution in [3.63, 3.8) is 0 Å². The van der Waals surface area contributed by atoms with Crippen molar-refractivity contribution in [2.24, 2.45) is 7.05 Å². The lowest BCUT2D eigenvalue weighted by atomic mass is 9.98. The Kier molecular flexibility index (Phi) is 7.66.